The molecule has 1 atom stereocenters. The molecule has 1 heterocycles. The minimum atomic E-state index is -0.276. The Hall–Kier alpha value is -0.380. The second-order valence-electron chi connectivity index (χ2n) is 2.50. The van der Waals surface area contributed by atoms with Gasteiger partial charge in [-0.2, -0.15) is 5.26 Å². The van der Waals surface area contributed by atoms with Crippen molar-refractivity contribution in [3.63, 3.8) is 0 Å². The van der Waals surface area contributed by atoms with Gasteiger partial charge in [-0.1, -0.05) is 11.6 Å². The van der Waals surface area contributed by atoms with Crippen LogP contribution in [0.15, 0.2) is 12.3 Å². The van der Waals surface area contributed by atoms with Gasteiger partial charge >= 0.3 is 0 Å². The molecule has 0 saturated heterocycles. The Kier molecular flexibility index (Phi) is 3.90. The zero-order chi connectivity index (χ0) is 9.84. The van der Waals surface area contributed by atoms with E-state index in [-0.39, 0.29) is 6.04 Å². The summed E-state index contributed by atoms with van der Waals surface area (Å²) in [6.07, 6.45) is 1.91. The van der Waals surface area contributed by atoms with Crippen molar-refractivity contribution in [2.45, 2.75) is 12.5 Å². The van der Waals surface area contributed by atoms with Crippen molar-refractivity contribution in [1.82, 2.24) is 4.98 Å². The third kappa shape index (κ3) is 2.79. The molecule has 0 aliphatic heterocycles. The fourth-order valence-electron chi connectivity index (χ4n) is 0.899. The van der Waals surface area contributed by atoms with Gasteiger partial charge in [0.05, 0.1) is 12.5 Å². The summed E-state index contributed by atoms with van der Waals surface area (Å²) < 4.78 is 0.945. The molecule has 3 nitrogen and oxygen atoms in total. The van der Waals surface area contributed by atoms with Gasteiger partial charge in [-0.05, 0) is 28.7 Å². The molecule has 0 aliphatic rings. The SMILES string of the molecule is N#CC[C@H](N)c1cnc(Cl)cc1I. The molecule has 0 aliphatic carbocycles. The third-order valence-electron chi connectivity index (χ3n) is 1.56. The molecule has 1 aromatic heterocycles. The maximum absolute atomic E-state index is 8.46. The van der Waals surface area contributed by atoms with Crippen molar-refractivity contribution in [3.05, 3.63) is 26.5 Å². The molecule has 2 N–H and O–H groups in total. The molecular formula is C8H7ClIN3. The van der Waals surface area contributed by atoms with E-state index in [2.05, 4.69) is 27.6 Å². The number of nitriles is 1. The fourth-order valence-corrected chi connectivity index (χ4v) is 2.08. The van der Waals surface area contributed by atoms with E-state index in [4.69, 9.17) is 22.6 Å². The van der Waals surface area contributed by atoms with Crippen LogP contribution in [0.3, 0.4) is 0 Å². The molecule has 5 heteroatoms. The van der Waals surface area contributed by atoms with Crippen LogP contribution < -0.4 is 5.73 Å². The minimum Gasteiger partial charge on any atom is -0.323 e. The van der Waals surface area contributed by atoms with Gasteiger partial charge < -0.3 is 5.73 Å². The van der Waals surface area contributed by atoms with Crippen LogP contribution in [0.25, 0.3) is 0 Å². The predicted octanol–water partition coefficient (Wildman–Crippen LogP) is 2.25. The zero-order valence-electron chi connectivity index (χ0n) is 6.67. The molecule has 13 heavy (non-hydrogen) atoms. The van der Waals surface area contributed by atoms with E-state index in [1.165, 1.54) is 0 Å². The van der Waals surface area contributed by atoms with Gasteiger partial charge in [0, 0.05) is 21.4 Å². The number of nitrogens with zero attached hydrogens (tertiary/aromatic N) is 2. The van der Waals surface area contributed by atoms with Crippen molar-refractivity contribution in [2.24, 2.45) is 5.73 Å². The van der Waals surface area contributed by atoms with Crippen LogP contribution in [0.2, 0.25) is 5.15 Å². The van der Waals surface area contributed by atoms with Crippen LogP contribution in [0.4, 0.5) is 0 Å². The third-order valence-corrected chi connectivity index (χ3v) is 2.70. The average molecular weight is 308 g/mol. The first-order chi connectivity index (χ1) is 6.15. The molecule has 0 radical (unpaired) electrons. The summed E-state index contributed by atoms with van der Waals surface area (Å²) >= 11 is 7.80. The second kappa shape index (κ2) is 4.74. The molecule has 0 bridgehead atoms. The van der Waals surface area contributed by atoms with Crippen LogP contribution >= 0.6 is 34.2 Å². The molecule has 1 rings (SSSR count). The summed E-state index contributed by atoms with van der Waals surface area (Å²) in [5.41, 5.74) is 6.61. The predicted molar refractivity (Wildman–Crippen MR) is 59.1 cm³/mol. The van der Waals surface area contributed by atoms with E-state index in [9.17, 15) is 0 Å². The summed E-state index contributed by atoms with van der Waals surface area (Å²) in [6.45, 7) is 0. The summed E-state index contributed by atoms with van der Waals surface area (Å²) in [5, 5.41) is 8.91. The van der Waals surface area contributed by atoms with Crippen molar-refractivity contribution in [3.8, 4) is 6.07 Å². The van der Waals surface area contributed by atoms with Gasteiger partial charge in [0.2, 0.25) is 0 Å². The first-order valence-electron chi connectivity index (χ1n) is 3.58. The number of rotatable bonds is 2. The normalized spacial score (nSPS) is 12.2. The average Bonchev–Trinajstić information content (AvgIpc) is 2.04. The Morgan fingerprint density at radius 2 is 2.46 bits per heavy atom. The zero-order valence-corrected chi connectivity index (χ0v) is 9.58. The first-order valence-corrected chi connectivity index (χ1v) is 5.04. The van der Waals surface area contributed by atoms with Crippen LogP contribution in [0.5, 0.6) is 0 Å². The van der Waals surface area contributed by atoms with E-state index >= 15 is 0 Å². The van der Waals surface area contributed by atoms with E-state index < -0.39 is 0 Å². The van der Waals surface area contributed by atoms with Crippen LogP contribution in [-0.4, -0.2) is 4.98 Å². The molecule has 0 spiro atoms. The highest BCUT2D eigenvalue weighted by Gasteiger charge is 2.09. The Morgan fingerprint density at radius 3 is 3.00 bits per heavy atom. The Morgan fingerprint density at radius 1 is 1.77 bits per heavy atom. The highest BCUT2D eigenvalue weighted by molar-refractivity contribution is 14.1. The standard InChI is InChI=1S/C8H7ClIN3/c9-8-3-6(10)5(4-13-8)7(12)1-2-11/h3-4,7H,1,12H2/t7-/m0/s1. The second-order valence-corrected chi connectivity index (χ2v) is 4.05. The Labute approximate surface area is 95.0 Å². The maximum Gasteiger partial charge on any atom is 0.130 e. The van der Waals surface area contributed by atoms with Gasteiger partial charge in [-0.15, -0.1) is 0 Å². The van der Waals surface area contributed by atoms with E-state index in [0.717, 1.165) is 9.13 Å². The van der Waals surface area contributed by atoms with E-state index in [0.29, 0.717) is 11.6 Å². The van der Waals surface area contributed by atoms with E-state index in [1.54, 1.807) is 12.3 Å². The number of halogens is 2. The molecular weight excluding hydrogens is 300 g/mol. The molecule has 0 fully saturated rings. The van der Waals surface area contributed by atoms with Crippen LogP contribution in [-0.2, 0) is 0 Å². The maximum atomic E-state index is 8.46. The Bertz CT molecular complexity index is 348. The number of aromatic nitrogens is 1. The lowest BCUT2D eigenvalue weighted by atomic mass is 10.1. The van der Waals surface area contributed by atoms with Crippen LogP contribution in [0, 0.1) is 14.9 Å². The minimum absolute atomic E-state index is 0.276. The van der Waals surface area contributed by atoms with Gasteiger partial charge in [-0.3, -0.25) is 0 Å². The summed E-state index contributed by atoms with van der Waals surface area (Å²) in [7, 11) is 0. The monoisotopic (exact) mass is 307 g/mol. The van der Waals surface area contributed by atoms with E-state index in [1.807, 2.05) is 6.07 Å². The molecule has 0 saturated carbocycles. The van der Waals surface area contributed by atoms with Crippen molar-refractivity contribution < 1.29 is 0 Å². The van der Waals surface area contributed by atoms with Gasteiger partial charge in [0.25, 0.3) is 0 Å². The quantitative estimate of drug-likeness (QED) is 0.673. The summed E-state index contributed by atoms with van der Waals surface area (Å²) in [4.78, 5) is 3.91. The topological polar surface area (TPSA) is 62.7 Å². The highest BCUT2D eigenvalue weighted by Crippen LogP contribution is 2.21. The smallest absolute Gasteiger partial charge is 0.130 e. The number of hydrogen-bond acceptors (Lipinski definition) is 3. The number of pyridine rings is 1. The lowest BCUT2D eigenvalue weighted by Crippen LogP contribution is -2.11. The highest BCUT2D eigenvalue weighted by atomic mass is 127. The van der Waals surface area contributed by atoms with Crippen molar-refractivity contribution in [2.75, 3.05) is 0 Å². The Balaban J connectivity index is 2.96. The van der Waals surface area contributed by atoms with Crippen molar-refractivity contribution in [1.29, 1.82) is 5.26 Å². The number of hydrogen-bond donors (Lipinski definition) is 1. The number of nitrogens with two attached hydrogens (primary N) is 1. The van der Waals surface area contributed by atoms with Crippen molar-refractivity contribution >= 4 is 34.2 Å². The fraction of sp³-hybridized carbons (Fsp3) is 0.250. The molecule has 0 unspecified atom stereocenters. The van der Waals surface area contributed by atoms with Gasteiger partial charge in [-0.25, -0.2) is 4.98 Å². The molecule has 0 aromatic carbocycles. The molecule has 0 amide bonds. The molecule has 68 valence electrons. The summed E-state index contributed by atoms with van der Waals surface area (Å²) in [5.74, 6) is 0. The van der Waals surface area contributed by atoms with Crippen LogP contribution in [0.1, 0.15) is 18.0 Å². The summed E-state index contributed by atoms with van der Waals surface area (Å²) in [6, 6.07) is 3.47. The van der Waals surface area contributed by atoms with Gasteiger partial charge in [0.1, 0.15) is 5.15 Å². The largest absolute Gasteiger partial charge is 0.323 e. The first kappa shape index (κ1) is 10.7. The van der Waals surface area contributed by atoms with Gasteiger partial charge in [0.15, 0.2) is 0 Å². The lowest BCUT2D eigenvalue weighted by molar-refractivity contribution is 0.739. The molecule has 1 aromatic rings. The lowest BCUT2D eigenvalue weighted by Gasteiger charge is -2.09.